The summed E-state index contributed by atoms with van der Waals surface area (Å²) in [6.45, 7) is 2.80. The number of nitrogens with one attached hydrogen (secondary N) is 1. The predicted octanol–water partition coefficient (Wildman–Crippen LogP) is 1.64. The van der Waals surface area contributed by atoms with Crippen LogP contribution in [0.1, 0.15) is 18.9 Å². The van der Waals surface area contributed by atoms with Gasteiger partial charge in [-0.2, -0.15) is 20.2 Å². The first-order chi connectivity index (χ1) is 9.76. The van der Waals surface area contributed by atoms with Crippen molar-refractivity contribution in [3.8, 4) is 23.5 Å². The standard InChI is InChI=1S/C13H14N6O/c1-3-4-16-12-17-11(18-13(19-12)20-2)10-5-9(6-14)7-15-8-10/h5,7-8H,3-4H2,1-2H3,(H,16,17,18,19). The molecule has 102 valence electrons. The molecule has 20 heavy (non-hydrogen) atoms. The minimum atomic E-state index is 0.218. The molecule has 0 saturated carbocycles. The Morgan fingerprint density at radius 2 is 2.15 bits per heavy atom. The molecule has 0 bridgehead atoms. The van der Waals surface area contributed by atoms with Gasteiger partial charge in [-0.1, -0.05) is 6.92 Å². The molecule has 0 atom stereocenters. The lowest BCUT2D eigenvalue weighted by molar-refractivity contribution is 0.379. The molecule has 2 aromatic heterocycles. The number of pyridine rings is 1. The maximum Gasteiger partial charge on any atom is 0.321 e. The Kier molecular flexibility index (Phi) is 4.39. The number of hydrogen-bond acceptors (Lipinski definition) is 7. The highest BCUT2D eigenvalue weighted by atomic mass is 16.5. The van der Waals surface area contributed by atoms with Crippen LogP contribution >= 0.6 is 0 Å². The Balaban J connectivity index is 2.41. The highest BCUT2D eigenvalue weighted by molar-refractivity contribution is 5.57. The van der Waals surface area contributed by atoms with Crippen LogP contribution < -0.4 is 10.1 Å². The molecule has 0 radical (unpaired) electrons. The third kappa shape index (κ3) is 3.17. The van der Waals surface area contributed by atoms with Crippen molar-refractivity contribution >= 4 is 5.95 Å². The summed E-state index contributed by atoms with van der Waals surface area (Å²) >= 11 is 0. The number of anilines is 1. The fourth-order valence-electron chi connectivity index (χ4n) is 1.52. The van der Waals surface area contributed by atoms with Gasteiger partial charge in [-0.15, -0.1) is 0 Å². The maximum atomic E-state index is 8.90. The van der Waals surface area contributed by atoms with Crippen molar-refractivity contribution in [1.29, 1.82) is 5.26 Å². The lowest BCUT2D eigenvalue weighted by atomic mass is 10.2. The average molecular weight is 270 g/mol. The molecule has 0 aliphatic carbocycles. The first kappa shape index (κ1) is 13.7. The van der Waals surface area contributed by atoms with E-state index in [-0.39, 0.29) is 6.01 Å². The number of nitrogens with zero attached hydrogens (tertiary/aromatic N) is 5. The van der Waals surface area contributed by atoms with Crippen LogP contribution in [0.5, 0.6) is 6.01 Å². The summed E-state index contributed by atoms with van der Waals surface area (Å²) < 4.78 is 5.07. The molecule has 1 N–H and O–H groups in total. The van der Waals surface area contributed by atoms with Crippen LogP contribution in [-0.4, -0.2) is 33.6 Å². The fourth-order valence-corrected chi connectivity index (χ4v) is 1.52. The zero-order valence-electron chi connectivity index (χ0n) is 11.3. The number of aromatic nitrogens is 4. The first-order valence-corrected chi connectivity index (χ1v) is 6.16. The highest BCUT2D eigenvalue weighted by Gasteiger charge is 2.09. The molecule has 0 fully saturated rings. The molecule has 0 aliphatic rings. The van der Waals surface area contributed by atoms with E-state index in [1.54, 1.807) is 12.3 Å². The second-order valence-electron chi connectivity index (χ2n) is 3.97. The van der Waals surface area contributed by atoms with E-state index in [1.165, 1.54) is 13.3 Å². The van der Waals surface area contributed by atoms with Gasteiger partial charge in [-0.05, 0) is 12.5 Å². The third-order valence-electron chi connectivity index (χ3n) is 2.46. The van der Waals surface area contributed by atoms with Crippen LogP contribution in [0.4, 0.5) is 5.95 Å². The SMILES string of the molecule is CCCNc1nc(OC)nc(-c2cncc(C#N)c2)n1. The van der Waals surface area contributed by atoms with Crippen LogP contribution in [0.15, 0.2) is 18.5 Å². The van der Waals surface area contributed by atoms with Crippen LogP contribution in [0, 0.1) is 11.3 Å². The van der Waals surface area contributed by atoms with Gasteiger partial charge >= 0.3 is 6.01 Å². The number of ether oxygens (including phenoxy) is 1. The molecule has 2 aromatic rings. The van der Waals surface area contributed by atoms with Gasteiger partial charge in [0.1, 0.15) is 6.07 Å². The number of rotatable bonds is 5. The summed E-state index contributed by atoms with van der Waals surface area (Å²) in [5.41, 5.74) is 1.09. The van der Waals surface area contributed by atoms with Gasteiger partial charge in [0.15, 0.2) is 5.82 Å². The highest BCUT2D eigenvalue weighted by Crippen LogP contribution is 2.18. The molecule has 2 rings (SSSR count). The van der Waals surface area contributed by atoms with E-state index in [4.69, 9.17) is 10.00 Å². The number of methoxy groups -OCH3 is 1. The van der Waals surface area contributed by atoms with Gasteiger partial charge < -0.3 is 10.1 Å². The van der Waals surface area contributed by atoms with E-state index in [1.807, 2.05) is 13.0 Å². The molecule has 0 aromatic carbocycles. The van der Waals surface area contributed by atoms with Gasteiger partial charge in [0.05, 0.1) is 12.7 Å². The van der Waals surface area contributed by atoms with Crippen LogP contribution in [-0.2, 0) is 0 Å². The summed E-state index contributed by atoms with van der Waals surface area (Å²) in [6, 6.07) is 3.92. The van der Waals surface area contributed by atoms with Gasteiger partial charge in [-0.25, -0.2) is 0 Å². The van der Waals surface area contributed by atoms with Gasteiger partial charge in [-0.3, -0.25) is 4.98 Å². The van der Waals surface area contributed by atoms with Gasteiger partial charge in [0, 0.05) is 24.5 Å². The van der Waals surface area contributed by atoms with Gasteiger partial charge in [0.25, 0.3) is 0 Å². The zero-order valence-corrected chi connectivity index (χ0v) is 11.3. The van der Waals surface area contributed by atoms with Crippen LogP contribution in [0.3, 0.4) is 0 Å². The monoisotopic (exact) mass is 270 g/mol. The zero-order chi connectivity index (χ0) is 14.4. The summed E-state index contributed by atoms with van der Waals surface area (Å²) in [5, 5.41) is 12.0. The summed E-state index contributed by atoms with van der Waals surface area (Å²) in [5.74, 6) is 0.858. The second kappa shape index (κ2) is 6.43. The molecule has 0 saturated heterocycles. The van der Waals surface area contributed by atoms with E-state index in [9.17, 15) is 0 Å². The van der Waals surface area contributed by atoms with E-state index in [2.05, 4.69) is 25.3 Å². The second-order valence-corrected chi connectivity index (χ2v) is 3.97. The molecule has 0 spiro atoms. The third-order valence-corrected chi connectivity index (χ3v) is 2.46. The van der Waals surface area contributed by atoms with Crippen molar-refractivity contribution in [2.75, 3.05) is 19.0 Å². The normalized spacial score (nSPS) is 9.85. The summed E-state index contributed by atoms with van der Waals surface area (Å²) in [6.07, 6.45) is 4.03. The van der Waals surface area contributed by atoms with E-state index >= 15 is 0 Å². The fraction of sp³-hybridized carbons (Fsp3) is 0.308. The number of hydrogen-bond donors (Lipinski definition) is 1. The van der Waals surface area contributed by atoms with Crippen molar-refractivity contribution in [3.63, 3.8) is 0 Å². The van der Waals surface area contributed by atoms with Crippen molar-refractivity contribution in [2.45, 2.75) is 13.3 Å². The average Bonchev–Trinajstić information content (AvgIpc) is 2.52. The molecule has 2 heterocycles. The van der Waals surface area contributed by atoms with E-state index in [0.717, 1.165) is 13.0 Å². The Bertz CT molecular complexity index is 637. The topological polar surface area (TPSA) is 96.6 Å². The Hall–Kier alpha value is -2.75. The molecule has 0 aliphatic heterocycles. The summed E-state index contributed by atoms with van der Waals surface area (Å²) in [7, 11) is 1.49. The minimum absolute atomic E-state index is 0.218. The quantitative estimate of drug-likeness (QED) is 0.881. The van der Waals surface area contributed by atoms with E-state index in [0.29, 0.717) is 22.9 Å². The van der Waals surface area contributed by atoms with Crippen molar-refractivity contribution in [2.24, 2.45) is 0 Å². The molecule has 7 heteroatoms. The number of nitriles is 1. The maximum absolute atomic E-state index is 8.90. The predicted molar refractivity (Wildman–Crippen MR) is 73.1 cm³/mol. The molecule has 0 amide bonds. The smallest absolute Gasteiger partial charge is 0.321 e. The molecule has 7 nitrogen and oxygen atoms in total. The van der Waals surface area contributed by atoms with Crippen molar-refractivity contribution < 1.29 is 4.74 Å². The Labute approximate surface area is 116 Å². The van der Waals surface area contributed by atoms with Crippen LogP contribution in [0.2, 0.25) is 0 Å². The molecule has 0 unspecified atom stereocenters. The summed E-state index contributed by atoms with van der Waals surface area (Å²) in [4.78, 5) is 16.6. The molecular weight excluding hydrogens is 256 g/mol. The minimum Gasteiger partial charge on any atom is -0.467 e. The largest absolute Gasteiger partial charge is 0.467 e. The lowest BCUT2D eigenvalue weighted by Crippen LogP contribution is -2.07. The Morgan fingerprint density at radius 3 is 2.85 bits per heavy atom. The van der Waals surface area contributed by atoms with Gasteiger partial charge in [0.2, 0.25) is 5.95 Å². The van der Waals surface area contributed by atoms with E-state index < -0.39 is 0 Å². The lowest BCUT2D eigenvalue weighted by Gasteiger charge is -2.07. The Morgan fingerprint density at radius 1 is 1.30 bits per heavy atom. The van der Waals surface area contributed by atoms with Crippen LogP contribution in [0.25, 0.3) is 11.4 Å². The molecular formula is C13H14N6O. The first-order valence-electron chi connectivity index (χ1n) is 6.16. The van der Waals surface area contributed by atoms with Crippen molar-refractivity contribution in [3.05, 3.63) is 24.0 Å². The van der Waals surface area contributed by atoms with Crippen molar-refractivity contribution in [1.82, 2.24) is 19.9 Å².